The minimum Gasteiger partial charge on any atom is -0.361 e. The highest BCUT2D eigenvalue weighted by Gasteiger charge is 2.40. The quantitative estimate of drug-likeness (QED) is 0.454. The van der Waals surface area contributed by atoms with Crippen LogP contribution in [0.5, 0.6) is 0 Å². The maximum Gasteiger partial charge on any atom is 0.274 e. The highest BCUT2D eigenvalue weighted by atomic mass is 35.5. The molecule has 2 rings (SSSR count). The summed E-state index contributed by atoms with van der Waals surface area (Å²) in [6.45, 7) is 5.64. The molecule has 8 nitrogen and oxygen atoms in total. The van der Waals surface area contributed by atoms with E-state index in [1.165, 1.54) is 0 Å². The Kier molecular flexibility index (Phi) is 6.36. The van der Waals surface area contributed by atoms with E-state index in [0.717, 1.165) is 6.20 Å². The van der Waals surface area contributed by atoms with E-state index in [4.69, 9.17) is 21.1 Å². The lowest BCUT2D eigenvalue weighted by atomic mass is 10.1. The van der Waals surface area contributed by atoms with E-state index in [-0.39, 0.29) is 0 Å². The molecule has 1 fully saturated rings. The van der Waals surface area contributed by atoms with Crippen molar-refractivity contribution >= 4 is 11.6 Å². The van der Waals surface area contributed by atoms with E-state index >= 15 is 0 Å². The molecule has 132 valence electrons. The van der Waals surface area contributed by atoms with Crippen LogP contribution in [0, 0.1) is 10.1 Å². The second kappa shape index (κ2) is 8.27. The summed E-state index contributed by atoms with van der Waals surface area (Å²) in [4.78, 5) is 16.4. The molecule has 0 aliphatic carbocycles. The standard InChI is InChI=1S/C15H21ClN4O4/c1-3-23-15(24-4-2)10-18-14(9-20(21)22)19(11-15)8-13-12(16)6-5-7-17-13/h5-7,9,18H,3-4,8,10-11H2,1-2H3/b14-9+. The summed E-state index contributed by atoms with van der Waals surface area (Å²) in [7, 11) is 0. The third kappa shape index (κ3) is 4.56. The minimum absolute atomic E-state index is 0.300. The first-order valence-electron chi connectivity index (χ1n) is 7.71. The van der Waals surface area contributed by atoms with Gasteiger partial charge in [0.15, 0.2) is 5.82 Å². The lowest BCUT2D eigenvalue weighted by Gasteiger charge is -2.43. The Balaban J connectivity index is 2.28. The molecule has 1 aromatic heterocycles. The highest BCUT2D eigenvalue weighted by Crippen LogP contribution is 2.25. The zero-order valence-corrected chi connectivity index (χ0v) is 14.5. The molecular formula is C15H21ClN4O4. The minimum atomic E-state index is -0.876. The largest absolute Gasteiger partial charge is 0.361 e. The molecule has 0 saturated carbocycles. The zero-order valence-electron chi connectivity index (χ0n) is 13.7. The summed E-state index contributed by atoms with van der Waals surface area (Å²) in [6.07, 6.45) is 2.56. The van der Waals surface area contributed by atoms with E-state index in [1.807, 2.05) is 13.8 Å². The highest BCUT2D eigenvalue weighted by molar-refractivity contribution is 6.31. The van der Waals surface area contributed by atoms with Crippen LogP contribution in [0.25, 0.3) is 0 Å². The number of aromatic nitrogens is 1. The Morgan fingerprint density at radius 2 is 2.21 bits per heavy atom. The first kappa shape index (κ1) is 18.4. The smallest absolute Gasteiger partial charge is 0.274 e. The van der Waals surface area contributed by atoms with Gasteiger partial charge in [-0.15, -0.1) is 0 Å². The summed E-state index contributed by atoms with van der Waals surface area (Å²) in [6, 6.07) is 3.47. The number of hydrogen-bond acceptors (Lipinski definition) is 7. The van der Waals surface area contributed by atoms with Crippen LogP contribution >= 0.6 is 11.6 Å². The van der Waals surface area contributed by atoms with Crippen LogP contribution < -0.4 is 5.32 Å². The molecule has 1 aliphatic rings. The predicted octanol–water partition coefficient (Wildman–Crippen LogP) is 1.99. The summed E-state index contributed by atoms with van der Waals surface area (Å²) < 4.78 is 11.6. The molecule has 0 unspecified atom stereocenters. The van der Waals surface area contributed by atoms with Crippen molar-refractivity contribution in [1.82, 2.24) is 15.2 Å². The van der Waals surface area contributed by atoms with Gasteiger partial charge in [0.1, 0.15) is 0 Å². The molecule has 0 atom stereocenters. The Bertz CT molecular complexity index is 605. The number of halogens is 1. The monoisotopic (exact) mass is 356 g/mol. The molecule has 9 heteroatoms. The van der Waals surface area contributed by atoms with Crippen molar-refractivity contribution in [2.45, 2.75) is 26.2 Å². The van der Waals surface area contributed by atoms with Gasteiger partial charge in [0.25, 0.3) is 6.20 Å². The Hall–Kier alpha value is -1.90. The van der Waals surface area contributed by atoms with Crippen molar-refractivity contribution in [2.75, 3.05) is 26.3 Å². The molecule has 1 N–H and O–H groups in total. The van der Waals surface area contributed by atoms with Crippen LogP contribution in [0.2, 0.25) is 5.02 Å². The van der Waals surface area contributed by atoms with E-state index in [9.17, 15) is 10.1 Å². The van der Waals surface area contributed by atoms with Crippen LogP contribution in [0.4, 0.5) is 0 Å². The van der Waals surface area contributed by atoms with E-state index in [1.54, 1.807) is 23.2 Å². The van der Waals surface area contributed by atoms with Crippen LogP contribution in [-0.2, 0) is 16.0 Å². The predicted molar refractivity (Wildman–Crippen MR) is 88.7 cm³/mol. The van der Waals surface area contributed by atoms with Crippen LogP contribution in [0.15, 0.2) is 30.4 Å². The molecular weight excluding hydrogens is 336 g/mol. The fourth-order valence-corrected chi connectivity index (χ4v) is 2.80. The van der Waals surface area contributed by atoms with Crippen molar-refractivity contribution < 1.29 is 14.4 Å². The molecule has 0 radical (unpaired) electrons. The fraction of sp³-hybridized carbons (Fsp3) is 0.533. The topological polar surface area (TPSA) is 89.8 Å². The van der Waals surface area contributed by atoms with Gasteiger partial charge >= 0.3 is 0 Å². The lowest BCUT2D eigenvalue weighted by Crippen LogP contribution is -2.59. The second-order valence-electron chi connectivity index (χ2n) is 5.22. The number of nitrogens with one attached hydrogen (secondary N) is 1. The number of nitrogens with zero attached hydrogens (tertiary/aromatic N) is 3. The van der Waals surface area contributed by atoms with Crippen LogP contribution in [0.3, 0.4) is 0 Å². The van der Waals surface area contributed by atoms with Crippen molar-refractivity contribution in [3.8, 4) is 0 Å². The van der Waals surface area contributed by atoms with Gasteiger partial charge in [-0.1, -0.05) is 11.6 Å². The summed E-state index contributed by atoms with van der Waals surface area (Å²) in [5.74, 6) is -0.504. The van der Waals surface area contributed by atoms with Gasteiger partial charge in [-0.2, -0.15) is 0 Å². The molecule has 2 heterocycles. The van der Waals surface area contributed by atoms with Crippen molar-refractivity contribution in [3.63, 3.8) is 0 Å². The lowest BCUT2D eigenvalue weighted by molar-refractivity contribution is -0.405. The van der Waals surface area contributed by atoms with Gasteiger partial charge in [-0.25, -0.2) is 0 Å². The van der Waals surface area contributed by atoms with Gasteiger partial charge in [0.05, 0.1) is 35.3 Å². The Morgan fingerprint density at radius 1 is 1.50 bits per heavy atom. The maximum atomic E-state index is 10.9. The van der Waals surface area contributed by atoms with E-state index < -0.39 is 10.7 Å². The fourth-order valence-electron chi connectivity index (χ4n) is 2.61. The number of ether oxygens (including phenoxy) is 2. The normalized spacial score (nSPS) is 18.5. The van der Waals surface area contributed by atoms with Crippen LogP contribution in [-0.4, -0.2) is 46.9 Å². The number of pyridine rings is 1. The first-order valence-corrected chi connectivity index (χ1v) is 8.09. The summed E-state index contributed by atoms with van der Waals surface area (Å²) >= 11 is 6.16. The Morgan fingerprint density at radius 3 is 2.79 bits per heavy atom. The SMILES string of the molecule is CCOC1(OCC)CN/C(=C\[N+](=O)[O-])N(Cc2ncccc2Cl)C1. The third-order valence-electron chi connectivity index (χ3n) is 3.53. The van der Waals surface area contributed by atoms with Gasteiger partial charge in [0.2, 0.25) is 5.79 Å². The van der Waals surface area contributed by atoms with Crippen molar-refractivity contribution in [3.05, 3.63) is 51.2 Å². The summed E-state index contributed by atoms with van der Waals surface area (Å²) in [5, 5.41) is 14.4. The molecule has 0 bridgehead atoms. The molecule has 1 aromatic rings. The molecule has 24 heavy (non-hydrogen) atoms. The van der Waals surface area contributed by atoms with Gasteiger partial charge in [0, 0.05) is 19.4 Å². The Labute approximate surface area is 145 Å². The van der Waals surface area contributed by atoms with Gasteiger partial charge in [-0.3, -0.25) is 15.1 Å². The van der Waals surface area contributed by atoms with Crippen molar-refractivity contribution in [2.24, 2.45) is 0 Å². The average molecular weight is 357 g/mol. The first-order chi connectivity index (χ1) is 11.5. The van der Waals surface area contributed by atoms with E-state index in [2.05, 4.69) is 10.3 Å². The molecule has 1 aliphatic heterocycles. The molecule has 0 amide bonds. The van der Waals surface area contributed by atoms with Crippen molar-refractivity contribution in [1.29, 1.82) is 0 Å². The summed E-state index contributed by atoms with van der Waals surface area (Å²) in [5.41, 5.74) is 0.624. The molecule has 0 spiro atoms. The molecule has 1 saturated heterocycles. The second-order valence-corrected chi connectivity index (χ2v) is 5.63. The molecule has 0 aromatic carbocycles. The van der Waals surface area contributed by atoms with Crippen LogP contribution in [0.1, 0.15) is 19.5 Å². The average Bonchev–Trinajstić information content (AvgIpc) is 2.52. The number of rotatable bonds is 7. The van der Waals surface area contributed by atoms with E-state index in [0.29, 0.717) is 49.4 Å². The number of hydrogen-bond donors (Lipinski definition) is 1. The van der Waals surface area contributed by atoms with Gasteiger partial charge in [-0.05, 0) is 26.0 Å². The number of nitro groups is 1. The maximum absolute atomic E-state index is 10.9. The zero-order chi connectivity index (χ0) is 17.6. The van der Waals surface area contributed by atoms with Gasteiger partial charge < -0.3 is 19.7 Å². The third-order valence-corrected chi connectivity index (χ3v) is 3.87.